The van der Waals surface area contributed by atoms with Crippen LogP contribution in [0.4, 0.5) is 5.69 Å². The number of carboxylic acid groups (broad SMARTS) is 1. The Bertz CT molecular complexity index is 1320. The molecule has 4 unspecified atom stereocenters. The fourth-order valence-electron chi connectivity index (χ4n) is 5.86. The number of aryl methyl sites for hydroxylation is 1. The molecule has 3 aromatic carbocycles. The van der Waals surface area contributed by atoms with Gasteiger partial charge in [-0.25, -0.2) is 4.90 Å². The highest BCUT2D eigenvalue weighted by Gasteiger charge is 2.68. The molecule has 2 fully saturated rings. The molecule has 34 heavy (non-hydrogen) atoms. The first-order chi connectivity index (χ1) is 16.2. The second kappa shape index (κ2) is 8.06. The third-order valence-electron chi connectivity index (χ3n) is 7.26. The number of benzene rings is 3. The molecular formula is C28H28N2O4. The highest BCUT2D eigenvalue weighted by molar-refractivity contribution is 6.24. The number of amides is 2. The molecule has 4 atom stereocenters. The van der Waals surface area contributed by atoms with Gasteiger partial charge in [-0.3, -0.25) is 19.7 Å². The van der Waals surface area contributed by atoms with Crippen molar-refractivity contribution >= 4 is 34.2 Å². The van der Waals surface area contributed by atoms with E-state index in [2.05, 4.69) is 5.32 Å². The van der Waals surface area contributed by atoms with Crippen LogP contribution in [0.1, 0.15) is 37.4 Å². The molecule has 3 aromatic rings. The van der Waals surface area contributed by atoms with Crippen LogP contribution in [0.2, 0.25) is 0 Å². The van der Waals surface area contributed by atoms with Crippen molar-refractivity contribution in [1.29, 1.82) is 0 Å². The first-order valence-corrected chi connectivity index (χ1v) is 11.7. The minimum absolute atomic E-state index is 0.00927. The zero-order chi connectivity index (χ0) is 24.2. The van der Waals surface area contributed by atoms with Crippen molar-refractivity contribution in [3.63, 3.8) is 0 Å². The Morgan fingerprint density at radius 1 is 1.00 bits per heavy atom. The summed E-state index contributed by atoms with van der Waals surface area (Å²) in [5.74, 6) is -3.66. The predicted octanol–water partition coefficient (Wildman–Crippen LogP) is 4.47. The lowest BCUT2D eigenvalue weighted by molar-refractivity contribution is -0.149. The number of carbonyl (C=O) groups is 3. The van der Waals surface area contributed by atoms with Crippen LogP contribution in [0.15, 0.2) is 66.7 Å². The molecule has 2 amide bonds. The first kappa shape index (κ1) is 22.3. The summed E-state index contributed by atoms with van der Waals surface area (Å²) in [7, 11) is 0. The number of carboxylic acids is 1. The number of aliphatic carboxylic acids is 1. The Labute approximate surface area is 198 Å². The first-order valence-electron chi connectivity index (χ1n) is 11.7. The maximum Gasteiger partial charge on any atom is 0.324 e. The molecule has 2 saturated heterocycles. The molecule has 6 heteroatoms. The van der Waals surface area contributed by atoms with E-state index < -0.39 is 35.3 Å². The Balaban J connectivity index is 1.68. The summed E-state index contributed by atoms with van der Waals surface area (Å²) in [6.45, 7) is 5.72. The smallest absolute Gasteiger partial charge is 0.324 e. The van der Waals surface area contributed by atoms with E-state index in [1.807, 2.05) is 75.4 Å². The number of hydrogen-bond donors (Lipinski definition) is 2. The van der Waals surface area contributed by atoms with Crippen molar-refractivity contribution in [2.24, 2.45) is 17.8 Å². The van der Waals surface area contributed by atoms with Gasteiger partial charge in [-0.1, -0.05) is 68.4 Å². The van der Waals surface area contributed by atoms with Crippen molar-refractivity contribution in [3.05, 3.63) is 77.9 Å². The van der Waals surface area contributed by atoms with Crippen molar-refractivity contribution in [3.8, 4) is 0 Å². The van der Waals surface area contributed by atoms with Crippen LogP contribution in [0, 0.1) is 24.7 Å². The molecule has 174 valence electrons. The molecule has 0 bridgehead atoms. The SMILES string of the molecule is Cc1ccccc1N1C(=O)C2C(c3ccc4ccccc4c3)NC(CC(C)C)(C(=O)O)C2C1=O. The monoisotopic (exact) mass is 456 g/mol. The molecule has 0 radical (unpaired) electrons. The molecule has 0 spiro atoms. The largest absolute Gasteiger partial charge is 0.480 e. The third-order valence-corrected chi connectivity index (χ3v) is 7.26. The van der Waals surface area contributed by atoms with Crippen LogP contribution in [-0.2, 0) is 14.4 Å². The minimum atomic E-state index is -1.53. The van der Waals surface area contributed by atoms with Gasteiger partial charge in [-0.05, 0) is 53.3 Å². The van der Waals surface area contributed by atoms with Crippen LogP contribution in [0.25, 0.3) is 10.8 Å². The number of nitrogens with one attached hydrogen (secondary N) is 1. The Kier molecular flexibility index (Phi) is 5.29. The summed E-state index contributed by atoms with van der Waals surface area (Å²) >= 11 is 0. The number of anilines is 1. The fourth-order valence-corrected chi connectivity index (χ4v) is 5.86. The molecule has 0 saturated carbocycles. The molecule has 2 aliphatic heterocycles. The van der Waals surface area contributed by atoms with E-state index in [4.69, 9.17) is 0 Å². The van der Waals surface area contributed by atoms with E-state index in [9.17, 15) is 19.5 Å². The van der Waals surface area contributed by atoms with Gasteiger partial charge in [-0.2, -0.15) is 0 Å². The number of imide groups is 1. The van der Waals surface area contributed by atoms with Crippen molar-refractivity contribution in [2.45, 2.75) is 38.8 Å². The van der Waals surface area contributed by atoms with E-state index in [0.29, 0.717) is 5.69 Å². The lowest BCUT2D eigenvalue weighted by atomic mass is 9.75. The predicted molar refractivity (Wildman–Crippen MR) is 130 cm³/mol. The number of para-hydroxylation sites is 1. The quantitative estimate of drug-likeness (QED) is 0.554. The standard InChI is InChI=1S/C28H28N2O4/c1-16(2)15-28(27(33)34)23-22(25(31)30(26(23)32)21-11-7-4-8-17(21)3)24(29-28)20-13-12-18-9-5-6-10-19(18)14-20/h4-14,16,22-24,29H,15H2,1-3H3,(H,33,34). The molecule has 0 aliphatic carbocycles. The Morgan fingerprint density at radius 2 is 1.68 bits per heavy atom. The number of nitrogens with zero attached hydrogens (tertiary/aromatic N) is 1. The molecule has 2 heterocycles. The number of carbonyl (C=O) groups excluding carboxylic acids is 2. The van der Waals surface area contributed by atoms with Gasteiger partial charge in [0.1, 0.15) is 5.54 Å². The van der Waals surface area contributed by atoms with Gasteiger partial charge in [-0.15, -0.1) is 0 Å². The van der Waals surface area contributed by atoms with Gasteiger partial charge in [0.25, 0.3) is 0 Å². The number of fused-ring (bicyclic) bond motifs is 2. The van der Waals surface area contributed by atoms with E-state index >= 15 is 0 Å². The molecular weight excluding hydrogens is 428 g/mol. The molecule has 0 aromatic heterocycles. The summed E-state index contributed by atoms with van der Waals surface area (Å²) in [5, 5.41) is 15.8. The van der Waals surface area contributed by atoms with Gasteiger partial charge in [0.05, 0.1) is 17.5 Å². The fraction of sp³-hybridized carbons (Fsp3) is 0.321. The van der Waals surface area contributed by atoms with Crippen LogP contribution in [0.5, 0.6) is 0 Å². The maximum absolute atomic E-state index is 13.9. The van der Waals surface area contributed by atoms with Gasteiger partial charge >= 0.3 is 5.97 Å². The van der Waals surface area contributed by atoms with E-state index in [1.54, 1.807) is 12.1 Å². The highest BCUT2D eigenvalue weighted by Crippen LogP contribution is 2.52. The molecule has 6 nitrogen and oxygen atoms in total. The second-order valence-electron chi connectivity index (χ2n) is 9.90. The molecule has 5 rings (SSSR count). The summed E-state index contributed by atoms with van der Waals surface area (Å²) in [6.07, 6.45) is 0.244. The normalized spacial score (nSPS) is 26.5. The van der Waals surface area contributed by atoms with E-state index in [-0.39, 0.29) is 18.2 Å². The lowest BCUT2D eigenvalue weighted by Crippen LogP contribution is -2.56. The Hall–Kier alpha value is -3.51. The highest BCUT2D eigenvalue weighted by atomic mass is 16.4. The molecule has 2 N–H and O–H groups in total. The van der Waals surface area contributed by atoms with E-state index in [1.165, 1.54) is 4.90 Å². The second-order valence-corrected chi connectivity index (χ2v) is 9.90. The van der Waals surface area contributed by atoms with Crippen LogP contribution in [-0.4, -0.2) is 28.4 Å². The average molecular weight is 457 g/mol. The average Bonchev–Trinajstić information content (AvgIpc) is 3.28. The summed E-state index contributed by atoms with van der Waals surface area (Å²) in [4.78, 5) is 41.7. The van der Waals surface area contributed by atoms with Crippen LogP contribution >= 0.6 is 0 Å². The number of rotatable bonds is 5. The van der Waals surface area contributed by atoms with Gasteiger partial charge in [0, 0.05) is 6.04 Å². The topological polar surface area (TPSA) is 86.7 Å². The van der Waals surface area contributed by atoms with Crippen LogP contribution in [0.3, 0.4) is 0 Å². The molecule has 2 aliphatic rings. The summed E-state index contributed by atoms with van der Waals surface area (Å²) < 4.78 is 0. The van der Waals surface area contributed by atoms with Gasteiger partial charge < -0.3 is 5.11 Å². The maximum atomic E-state index is 13.9. The summed E-state index contributed by atoms with van der Waals surface area (Å²) in [6, 6.07) is 20.4. The van der Waals surface area contributed by atoms with Crippen molar-refractivity contribution in [1.82, 2.24) is 5.32 Å². The van der Waals surface area contributed by atoms with E-state index in [0.717, 1.165) is 21.9 Å². The van der Waals surface area contributed by atoms with Gasteiger partial charge in [0.2, 0.25) is 11.8 Å². The van der Waals surface area contributed by atoms with Crippen molar-refractivity contribution < 1.29 is 19.5 Å². The third kappa shape index (κ3) is 3.24. The summed E-state index contributed by atoms with van der Waals surface area (Å²) in [5.41, 5.74) is 0.602. The zero-order valence-corrected chi connectivity index (χ0v) is 19.5. The number of hydrogen-bond acceptors (Lipinski definition) is 4. The Morgan fingerprint density at radius 3 is 2.35 bits per heavy atom. The lowest BCUT2D eigenvalue weighted by Gasteiger charge is -2.32. The van der Waals surface area contributed by atoms with Crippen LogP contribution < -0.4 is 10.2 Å². The minimum Gasteiger partial charge on any atom is -0.480 e. The zero-order valence-electron chi connectivity index (χ0n) is 19.5. The van der Waals surface area contributed by atoms with Gasteiger partial charge in [0.15, 0.2) is 0 Å². The van der Waals surface area contributed by atoms with Crippen molar-refractivity contribution in [2.75, 3.05) is 4.90 Å².